The minimum absolute atomic E-state index is 0.123. The van der Waals surface area contributed by atoms with Gasteiger partial charge in [-0.1, -0.05) is 0 Å². The number of rotatable bonds is 5. The Labute approximate surface area is 167 Å². The summed E-state index contributed by atoms with van der Waals surface area (Å²) in [6.45, 7) is 0.511. The first-order chi connectivity index (χ1) is 14.1. The van der Waals surface area contributed by atoms with Gasteiger partial charge in [-0.05, 0) is 73.8 Å². The smallest absolute Gasteiger partial charge is 0.287 e. The van der Waals surface area contributed by atoms with Crippen molar-refractivity contribution in [3.63, 3.8) is 0 Å². The predicted octanol–water partition coefficient (Wildman–Crippen LogP) is 1.99. The minimum atomic E-state index is -0.219. The van der Waals surface area contributed by atoms with Gasteiger partial charge in [0.05, 0.1) is 12.1 Å². The third-order valence-electron chi connectivity index (χ3n) is 6.94. The van der Waals surface area contributed by atoms with Gasteiger partial charge < -0.3 is 9.73 Å². The lowest BCUT2D eigenvalue weighted by Gasteiger charge is -2.61. The van der Waals surface area contributed by atoms with E-state index < -0.39 is 0 Å². The van der Waals surface area contributed by atoms with Crippen LogP contribution in [0.3, 0.4) is 0 Å². The van der Waals surface area contributed by atoms with Gasteiger partial charge in [0.25, 0.3) is 5.91 Å². The van der Waals surface area contributed by atoms with Gasteiger partial charge in [0, 0.05) is 17.9 Å². The number of nitrogens with one attached hydrogen (secondary N) is 1. The van der Waals surface area contributed by atoms with Crippen LogP contribution in [0.15, 0.2) is 41.3 Å². The molecule has 2 unspecified atom stereocenters. The monoisotopic (exact) mass is 393 g/mol. The Morgan fingerprint density at radius 2 is 2.07 bits per heavy atom. The number of hydrogen-bond acceptors (Lipinski definition) is 6. The molecule has 150 valence electrons. The van der Waals surface area contributed by atoms with Crippen molar-refractivity contribution in [3.8, 4) is 0 Å². The molecule has 9 nitrogen and oxygen atoms in total. The van der Waals surface area contributed by atoms with E-state index in [1.807, 2.05) is 18.3 Å². The van der Waals surface area contributed by atoms with Crippen molar-refractivity contribution >= 4 is 5.91 Å². The summed E-state index contributed by atoms with van der Waals surface area (Å²) in [4.78, 5) is 14.9. The number of tetrazole rings is 1. The molecular formula is C20H23N7O2. The average Bonchev–Trinajstić information content (AvgIpc) is 3.44. The quantitative estimate of drug-likeness (QED) is 0.711. The van der Waals surface area contributed by atoms with E-state index in [1.54, 1.807) is 21.7 Å². The molecule has 1 amide bonds. The van der Waals surface area contributed by atoms with E-state index in [0.29, 0.717) is 29.9 Å². The van der Waals surface area contributed by atoms with Gasteiger partial charge in [-0.15, -0.1) is 10.2 Å². The van der Waals surface area contributed by atoms with Crippen LogP contribution < -0.4 is 5.32 Å². The maximum Gasteiger partial charge on any atom is 0.287 e. The molecule has 29 heavy (non-hydrogen) atoms. The highest BCUT2D eigenvalue weighted by Gasteiger charge is 2.60. The standard InChI is InChI=1S/C20H23N7O2/c28-18(17-3-2-16(29-17)11-26-5-1-4-22-26)24-19-7-14-6-15(8-19)10-20(9-14,12-19)27-23-13-21-25-27/h1-5,13-15H,6-12H2,(H,24,28)/t14-,15+,19?,20?. The third-order valence-corrected chi connectivity index (χ3v) is 6.94. The second-order valence-electron chi connectivity index (χ2n) is 9.11. The molecule has 3 aromatic rings. The zero-order valence-corrected chi connectivity index (χ0v) is 16.1. The molecule has 4 fully saturated rings. The molecule has 9 heteroatoms. The van der Waals surface area contributed by atoms with Crippen LogP contribution in [0, 0.1) is 11.8 Å². The van der Waals surface area contributed by atoms with Crippen molar-refractivity contribution in [2.75, 3.05) is 0 Å². The van der Waals surface area contributed by atoms with Crippen molar-refractivity contribution in [1.82, 2.24) is 35.3 Å². The summed E-state index contributed by atoms with van der Waals surface area (Å²) in [5.41, 5.74) is -0.341. The van der Waals surface area contributed by atoms with Gasteiger partial charge in [0.2, 0.25) is 0 Å². The molecule has 3 heterocycles. The molecule has 3 aromatic heterocycles. The summed E-state index contributed by atoms with van der Waals surface area (Å²) in [5, 5.41) is 20.1. The van der Waals surface area contributed by atoms with Crippen LogP contribution in [0.5, 0.6) is 0 Å². The topological polar surface area (TPSA) is 104 Å². The Kier molecular flexibility index (Phi) is 3.51. The Morgan fingerprint density at radius 3 is 2.79 bits per heavy atom. The van der Waals surface area contributed by atoms with Crippen LogP contribution in [0.2, 0.25) is 0 Å². The molecule has 7 rings (SSSR count). The molecule has 0 radical (unpaired) electrons. The van der Waals surface area contributed by atoms with Gasteiger partial charge in [0.1, 0.15) is 5.76 Å². The van der Waals surface area contributed by atoms with Gasteiger partial charge in [-0.3, -0.25) is 9.48 Å². The fourth-order valence-electron chi connectivity index (χ4n) is 6.42. The highest BCUT2D eigenvalue weighted by molar-refractivity contribution is 5.92. The number of hydrogen-bond donors (Lipinski definition) is 1. The van der Waals surface area contributed by atoms with Crippen LogP contribution in [-0.4, -0.2) is 41.4 Å². The molecule has 0 spiro atoms. The van der Waals surface area contributed by atoms with E-state index in [2.05, 4.69) is 25.8 Å². The zero-order chi connectivity index (χ0) is 19.5. The molecule has 0 aliphatic heterocycles. The van der Waals surface area contributed by atoms with Crippen molar-refractivity contribution in [3.05, 3.63) is 48.4 Å². The lowest BCUT2D eigenvalue weighted by Crippen LogP contribution is -2.66. The molecule has 0 saturated heterocycles. The first-order valence-electron chi connectivity index (χ1n) is 10.2. The second-order valence-corrected chi connectivity index (χ2v) is 9.11. The van der Waals surface area contributed by atoms with Gasteiger partial charge >= 0.3 is 0 Å². The van der Waals surface area contributed by atoms with Crippen molar-refractivity contribution in [2.24, 2.45) is 11.8 Å². The number of carbonyl (C=O) groups is 1. The first-order valence-corrected chi connectivity index (χ1v) is 10.2. The number of carbonyl (C=O) groups excluding carboxylic acids is 1. The van der Waals surface area contributed by atoms with E-state index in [0.717, 1.165) is 32.1 Å². The summed E-state index contributed by atoms with van der Waals surface area (Å²) < 4.78 is 7.59. The lowest BCUT2D eigenvalue weighted by molar-refractivity contribution is -0.0812. The Hall–Kier alpha value is -2.97. The molecule has 4 saturated carbocycles. The third kappa shape index (κ3) is 2.79. The Bertz CT molecular complexity index is 1010. The second kappa shape index (κ2) is 6.01. The molecule has 4 aliphatic rings. The molecule has 4 atom stereocenters. The number of furan rings is 1. The van der Waals surface area contributed by atoms with Gasteiger partial charge in [0.15, 0.2) is 12.1 Å². The summed E-state index contributed by atoms with van der Waals surface area (Å²) in [7, 11) is 0. The van der Waals surface area contributed by atoms with E-state index >= 15 is 0 Å². The molecule has 1 N–H and O–H groups in total. The molecule has 4 bridgehead atoms. The Balaban J connectivity index is 1.23. The molecular weight excluding hydrogens is 370 g/mol. The maximum atomic E-state index is 13.1. The highest BCUT2D eigenvalue weighted by Crippen LogP contribution is 2.60. The van der Waals surface area contributed by atoms with Crippen LogP contribution >= 0.6 is 0 Å². The summed E-state index contributed by atoms with van der Waals surface area (Å²) >= 11 is 0. The molecule has 4 aliphatic carbocycles. The fraction of sp³-hybridized carbons (Fsp3) is 0.550. The summed E-state index contributed by atoms with van der Waals surface area (Å²) in [6.07, 6.45) is 11.4. The lowest BCUT2D eigenvalue weighted by atomic mass is 9.50. The summed E-state index contributed by atoms with van der Waals surface area (Å²) in [5.74, 6) is 2.12. The van der Waals surface area contributed by atoms with E-state index in [1.165, 1.54) is 12.7 Å². The number of nitrogens with zero attached hydrogens (tertiary/aromatic N) is 6. The average molecular weight is 393 g/mol. The van der Waals surface area contributed by atoms with Gasteiger partial charge in [-0.2, -0.15) is 9.90 Å². The zero-order valence-electron chi connectivity index (χ0n) is 16.1. The first kappa shape index (κ1) is 16.9. The number of aromatic nitrogens is 6. The minimum Gasteiger partial charge on any atom is -0.454 e. The predicted molar refractivity (Wildman–Crippen MR) is 101 cm³/mol. The maximum absolute atomic E-state index is 13.1. The Morgan fingerprint density at radius 1 is 1.21 bits per heavy atom. The van der Waals surface area contributed by atoms with Crippen molar-refractivity contribution in [1.29, 1.82) is 0 Å². The largest absolute Gasteiger partial charge is 0.454 e. The molecule has 0 aromatic carbocycles. The highest BCUT2D eigenvalue weighted by atomic mass is 16.4. The van der Waals surface area contributed by atoms with Gasteiger partial charge in [-0.25, -0.2) is 0 Å². The fourth-order valence-corrected chi connectivity index (χ4v) is 6.42. The normalized spacial score (nSPS) is 32.6. The van der Waals surface area contributed by atoms with Crippen LogP contribution in [-0.2, 0) is 12.1 Å². The van der Waals surface area contributed by atoms with E-state index in [-0.39, 0.29) is 17.0 Å². The van der Waals surface area contributed by atoms with Crippen molar-refractivity contribution in [2.45, 2.75) is 56.1 Å². The SMILES string of the molecule is O=C(NC12C[C@H]3C[C@@H](C1)CC(n1ncnn1)(C3)C2)c1ccc(Cn2cccn2)o1. The van der Waals surface area contributed by atoms with Crippen LogP contribution in [0.25, 0.3) is 0 Å². The van der Waals surface area contributed by atoms with E-state index in [9.17, 15) is 4.79 Å². The van der Waals surface area contributed by atoms with E-state index in [4.69, 9.17) is 4.42 Å². The van der Waals surface area contributed by atoms with Crippen LogP contribution in [0.4, 0.5) is 0 Å². The number of amides is 1. The van der Waals surface area contributed by atoms with Crippen LogP contribution in [0.1, 0.15) is 54.8 Å². The summed E-state index contributed by atoms with van der Waals surface area (Å²) in [6, 6.07) is 5.46. The van der Waals surface area contributed by atoms with Crippen molar-refractivity contribution < 1.29 is 9.21 Å².